The zero-order valence-electron chi connectivity index (χ0n) is 17.4. The highest BCUT2D eigenvalue weighted by Crippen LogP contribution is 2.20. The van der Waals surface area contributed by atoms with Gasteiger partial charge in [-0.1, -0.05) is 30.3 Å². The van der Waals surface area contributed by atoms with Gasteiger partial charge in [-0.2, -0.15) is 8.78 Å². The van der Waals surface area contributed by atoms with Crippen molar-refractivity contribution in [1.82, 2.24) is 15.5 Å². The molecule has 0 heterocycles. The van der Waals surface area contributed by atoms with Crippen molar-refractivity contribution in [3.05, 3.63) is 59.7 Å². The van der Waals surface area contributed by atoms with E-state index in [2.05, 4.69) is 25.3 Å². The molecule has 6 nitrogen and oxygen atoms in total. The number of guanidine groups is 1. The fourth-order valence-electron chi connectivity index (χ4n) is 2.54. The Labute approximate surface area is 193 Å². The third-order valence-corrected chi connectivity index (χ3v) is 4.02. The average molecular weight is 534 g/mol. The Balaban J connectivity index is 0.00000450. The standard InChI is InChI=1S/C21H28F2N4O2.HI/c1-24-21(26-15-17-8-4-5-10-19(17)29-20(22)23)25-14-16-7-6-9-18(13-16)28-12-11-27(2)3;/h4-10,13,20H,11-12,14-15H2,1-3H3,(H2,24,25,26);1H. The maximum Gasteiger partial charge on any atom is 0.387 e. The Kier molecular flexibility index (Phi) is 12.1. The van der Waals surface area contributed by atoms with Crippen LogP contribution in [0.4, 0.5) is 8.78 Å². The number of rotatable bonds is 10. The smallest absolute Gasteiger partial charge is 0.387 e. The number of alkyl halides is 2. The molecule has 9 heteroatoms. The fraction of sp³-hybridized carbons (Fsp3) is 0.381. The van der Waals surface area contributed by atoms with Crippen molar-refractivity contribution in [2.45, 2.75) is 19.7 Å². The number of nitrogens with one attached hydrogen (secondary N) is 2. The van der Waals surface area contributed by atoms with E-state index in [1.807, 2.05) is 38.4 Å². The van der Waals surface area contributed by atoms with Crippen molar-refractivity contribution in [1.29, 1.82) is 0 Å². The number of hydrogen-bond donors (Lipinski definition) is 2. The summed E-state index contributed by atoms with van der Waals surface area (Å²) in [5.41, 5.74) is 1.66. The van der Waals surface area contributed by atoms with Crippen molar-refractivity contribution < 1.29 is 18.3 Å². The van der Waals surface area contributed by atoms with Gasteiger partial charge in [0.1, 0.15) is 18.1 Å². The van der Waals surface area contributed by atoms with Gasteiger partial charge in [-0.05, 0) is 37.9 Å². The van der Waals surface area contributed by atoms with Crippen LogP contribution in [0.1, 0.15) is 11.1 Å². The second kappa shape index (κ2) is 14.0. The first kappa shape index (κ1) is 25.9. The summed E-state index contributed by atoms with van der Waals surface area (Å²) in [6.45, 7) is -0.556. The van der Waals surface area contributed by atoms with E-state index in [-0.39, 0.29) is 29.7 Å². The molecule has 0 bridgehead atoms. The molecule has 0 aromatic heterocycles. The molecule has 0 aliphatic carbocycles. The first-order chi connectivity index (χ1) is 14.0. The Morgan fingerprint density at radius 2 is 1.80 bits per heavy atom. The number of nitrogens with zero attached hydrogens (tertiary/aromatic N) is 2. The number of ether oxygens (including phenoxy) is 2. The van der Waals surface area contributed by atoms with Gasteiger partial charge in [0.15, 0.2) is 5.96 Å². The lowest BCUT2D eigenvalue weighted by Gasteiger charge is -2.15. The molecule has 2 aromatic rings. The van der Waals surface area contributed by atoms with Crippen LogP contribution in [0.2, 0.25) is 0 Å². The third-order valence-electron chi connectivity index (χ3n) is 4.02. The molecule has 2 rings (SSSR count). The molecule has 0 saturated carbocycles. The first-order valence-electron chi connectivity index (χ1n) is 9.31. The van der Waals surface area contributed by atoms with E-state index in [0.29, 0.717) is 31.2 Å². The van der Waals surface area contributed by atoms with Crippen LogP contribution in [0.3, 0.4) is 0 Å². The molecular weight excluding hydrogens is 505 g/mol. The van der Waals surface area contributed by atoms with E-state index in [9.17, 15) is 8.78 Å². The van der Waals surface area contributed by atoms with Gasteiger partial charge in [0.2, 0.25) is 0 Å². The second-order valence-electron chi connectivity index (χ2n) is 6.56. The lowest BCUT2D eigenvalue weighted by Crippen LogP contribution is -2.36. The maximum atomic E-state index is 12.5. The van der Waals surface area contributed by atoms with Crippen LogP contribution < -0.4 is 20.1 Å². The third kappa shape index (κ3) is 9.57. The predicted molar refractivity (Wildman–Crippen MR) is 126 cm³/mol. The molecule has 30 heavy (non-hydrogen) atoms. The van der Waals surface area contributed by atoms with E-state index < -0.39 is 6.61 Å². The summed E-state index contributed by atoms with van der Waals surface area (Å²) >= 11 is 0. The van der Waals surface area contributed by atoms with Gasteiger partial charge in [-0.3, -0.25) is 4.99 Å². The quantitative estimate of drug-likeness (QED) is 0.277. The van der Waals surface area contributed by atoms with E-state index in [1.165, 1.54) is 6.07 Å². The van der Waals surface area contributed by atoms with Crippen LogP contribution >= 0.6 is 24.0 Å². The molecule has 0 atom stereocenters. The molecule has 0 aliphatic heterocycles. The Morgan fingerprint density at radius 1 is 1.07 bits per heavy atom. The molecule has 0 aliphatic rings. The van der Waals surface area contributed by atoms with Gasteiger partial charge in [-0.25, -0.2) is 0 Å². The highest BCUT2D eigenvalue weighted by molar-refractivity contribution is 14.0. The summed E-state index contributed by atoms with van der Waals surface area (Å²) in [7, 11) is 5.65. The van der Waals surface area contributed by atoms with Gasteiger partial charge >= 0.3 is 6.61 Å². The van der Waals surface area contributed by atoms with E-state index in [4.69, 9.17) is 4.74 Å². The van der Waals surface area contributed by atoms with Crippen molar-refractivity contribution in [2.24, 2.45) is 4.99 Å². The molecule has 0 saturated heterocycles. The minimum atomic E-state index is -2.86. The molecule has 0 amide bonds. The number of aliphatic imine (C=N–C) groups is 1. The van der Waals surface area contributed by atoms with Crippen molar-refractivity contribution in [3.8, 4) is 11.5 Å². The molecule has 0 radical (unpaired) electrons. The molecule has 0 fully saturated rings. The van der Waals surface area contributed by atoms with Crippen molar-refractivity contribution in [3.63, 3.8) is 0 Å². The molecule has 2 N–H and O–H groups in total. The normalized spacial score (nSPS) is 11.2. The number of hydrogen-bond acceptors (Lipinski definition) is 4. The highest BCUT2D eigenvalue weighted by atomic mass is 127. The lowest BCUT2D eigenvalue weighted by molar-refractivity contribution is -0.0504. The summed E-state index contributed by atoms with van der Waals surface area (Å²) in [6.07, 6.45) is 0. The number of benzene rings is 2. The minimum Gasteiger partial charge on any atom is -0.492 e. The van der Waals surface area contributed by atoms with Gasteiger partial charge in [0.25, 0.3) is 0 Å². The van der Waals surface area contributed by atoms with Gasteiger partial charge < -0.3 is 25.0 Å². The van der Waals surface area contributed by atoms with Crippen LogP contribution in [0.5, 0.6) is 11.5 Å². The number of likely N-dealkylation sites (N-methyl/N-ethyl adjacent to an activating group) is 1. The van der Waals surface area contributed by atoms with Crippen LogP contribution in [0.25, 0.3) is 0 Å². The Bertz CT molecular complexity index is 791. The molecular formula is C21H29F2IN4O2. The second-order valence-corrected chi connectivity index (χ2v) is 6.56. The largest absolute Gasteiger partial charge is 0.492 e. The maximum absolute atomic E-state index is 12.5. The monoisotopic (exact) mass is 534 g/mol. The van der Waals surface area contributed by atoms with Crippen molar-refractivity contribution in [2.75, 3.05) is 34.3 Å². The summed E-state index contributed by atoms with van der Waals surface area (Å²) in [5, 5.41) is 6.31. The van der Waals surface area contributed by atoms with Crippen molar-refractivity contribution >= 4 is 29.9 Å². The summed E-state index contributed by atoms with van der Waals surface area (Å²) < 4.78 is 35.4. The Morgan fingerprint density at radius 3 is 2.50 bits per heavy atom. The zero-order valence-corrected chi connectivity index (χ0v) is 19.7. The molecule has 2 aromatic carbocycles. The van der Waals surface area contributed by atoms with E-state index in [1.54, 1.807) is 25.2 Å². The lowest BCUT2D eigenvalue weighted by atomic mass is 10.2. The topological polar surface area (TPSA) is 58.1 Å². The summed E-state index contributed by atoms with van der Waals surface area (Å²) in [5.74, 6) is 1.51. The van der Waals surface area contributed by atoms with Gasteiger partial charge in [0, 0.05) is 32.2 Å². The SMILES string of the molecule is CN=C(NCc1cccc(OCCN(C)C)c1)NCc1ccccc1OC(F)F.I. The molecule has 0 spiro atoms. The Hall–Kier alpha value is -2.14. The van der Waals surface area contributed by atoms with E-state index in [0.717, 1.165) is 17.9 Å². The summed E-state index contributed by atoms with van der Waals surface area (Å²) in [6, 6.07) is 14.5. The average Bonchev–Trinajstić information content (AvgIpc) is 2.69. The highest BCUT2D eigenvalue weighted by Gasteiger charge is 2.09. The van der Waals surface area contributed by atoms with Crippen LogP contribution in [0.15, 0.2) is 53.5 Å². The van der Waals surface area contributed by atoms with Gasteiger partial charge in [-0.15, -0.1) is 24.0 Å². The number of para-hydroxylation sites is 1. The zero-order chi connectivity index (χ0) is 21.1. The van der Waals surface area contributed by atoms with Crippen LogP contribution in [-0.4, -0.2) is 51.8 Å². The predicted octanol–water partition coefficient (Wildman–Crippen LogP) is 3.71. The fourth-order valence-corrected chi connectivity index (χ4v) is 2.54. The van der Waals surface area contributed by atoms with Gasteiger partial charge in [0.05, 0.1) is 0 Å². The van der Waals surface area contributed by atoms with Crippen LogP contribution in [-0.2, 0) is 13.1 Å². The molecule has 166 valence electrons. The van der Waals surface area contributed by atoms with E-state index >= 15 is 0 Å². The molecule has 0 unspecified atom stereocenters. The summed E-state index contributed by atoms with van der Waals surface area (Å²) in [4.78, 5) is 6.23. The minimum absolute atomic E-state index is 0. The first-order valence-corrected chi connectivity index (χ1v) is 9.31. The van der Waals surface area contributed by atoms with Crippen LogP contribution in [0, 0.1) is 0 Å². The number of halogens is 3.